The van der Waals surface area contributed by atoms with Crippen LogP contribution in [0.25, 0.3) is 0 Å². The van der Waals surface area contributed by atoms with Gasteiger partial charge in [-0.15, -0.1) is 0 Å². The monoisotopic (exact) mass is 270 g/mol. The Kier molecular flexibility index (Phi) is 5.13. The van der Waals surface area contributed by atoms with E-state index < -0.39 is 0 Å². The van der Waals surface area contributed by atoms with Crippen LogP contribution in [0, 0.1) is 6.92 Å². The van der Waals surface area contributed by atoms with Crippen LogP contribution in [-0.2, 0) is 0 Å². The van der Waals surface area contributed by atoms with Crippen LogP contribution in [0.15, 0.2) is 42.6 Å². The molecular formula is C17H22N2O. The maximum Gasteiger partial charge on any atom is 0.145 e. The molecule has 3 nitrogen and oxygen atoms in total. The Morgan fingerprint density at radius 1 is 1.05 bits per heavy atom. The molecule has 0 aliphatic rings. The molecule has 0 aliphatic heterocycles. The maximum atomic E-state index is 5.78. The van der Waals surface area contributed by atoms with Crippen molar-refractivity contribution in [2.75, 3.05) is 6.54 Å². The van der Waals surface area contributed by atoms with Crippen LogP contribution >= 0.6 is 0 Å². The van der Waals surface area contributed by atoms with Crippen LogP contribution < -0.4 is 10.1 Å². The van der Waals surface area contributed by atoms with Crippen molar-refractivity contribution in [1.29, 1.82) is 0 Å². The number of hydrogen-bond donors (Lipinski definition) is 1. The van der Waals surface area contributed by atoms with Crippen LogP contribution in [-0.4, -0.2) is 11.5 Å². The molecule has 0 radical (unpaired) electrons. The molecule has 1 unspecified atom stereocenters. The van der Waals surface area contributed by atoms with Gasteiger partial charge in [0.15, 0.2) is 0 Å². The van der Waals surface area contributed by atoms with Gasteiger partial charge in [0.1, 0.15) is 11.5 Å². The van der Waals surface area contributed by atoms with Gasteiger partial charge < -0.3 is 10.1 Å². The van der Waals surface area contributed by atoms with Crippen LogP contribution in [0.3, 0.4) is 0 Å². The van der Waals surface area contributed by atoms with E-state index in [-0.39, 0.29) is 0 Å². The molecule has 1 N–H and O–H groups in total. The molecule has 0 saturated heterocycles. The fraction of sp³-hybridized carbons (Fsp3) is 0.353. The minimum absolute atomic E-state index is 0.412. The highest BCUT2D eigenvalue weighted by Crippen LogP contribution is 2.24. The second kappa shape index (κ2) is 7.06. The molecular weight excluding hydrogens is 248 g/mol. The second-order valence-electron chi connectivity index (χ2n) is 4.82. The van der Waals surface area contributed by atoms with Gasteiger partial charge in [-0.05, 0) is 49.7 Å². The number of rotatable bonds is 6. The van der Waals surface area contributed by atoms with E-state index in [2.05, 4.69) is 36.3 Å². The first-order chi connectivity index (χ1) is 9.72. The molecule has 1 aromatic carbocycles. The van der Waals surface area contributed by atoms with Crippen LogP contribution in [0.2, 0.25) is 0 Å². The Morgan fingerprint density at radius 2 is 1.75 bits per heavy atom. The highest BCUT2D eigenvalue weighted by atomic mass is 16.5. The Hall–Kier alpha value is -1.87. The largest absolute Gasteiger partial charge is 0.456 e. The molecule has 0 spiro atoms. The third-order valence-corrected chi connectivity index (χ3v) is 3.26. The van der Waals surface area contributed by atoms with Gasteiger partial charge in [0.2, 0.25) is 0 Å². The van der Waals surface area contributed by atoms with E-state index in [0.717, 1.165) is 30.2 Å². The molecule has 106 valence electrons. The van der Waals surface area contributed by atoms with E-state index in [1.807, 2.05) is 31.2 Å². The first-order valence-corrected chi connectivity index (χ1v) is 7.16. The molecule has 2 rings (SSSR count). The molecule has 3 heteroatoms. The van der Waals surface area contributed by atoms with Crippen molar-refractivity contribution < 1.29 is 4.74 Å². The van der Waals surface area contributed by atoms with E-state index in [9.17, 15) is 0 Å². The first kappa shape index (κ1) is 14.5. The Bertz CT molecular complexity index is 520. The van der Waals surface area contributed by atoms with E-state index in [1.165, 1.54) is 5.56 Å². The van der Waals surface area contributed by atoms with Crippen molar-refractivity contribution in [3.63, 3.8) is 0 Å². The zero-order valence-electron chi connectivity index (χ0n) is 12.4. The number of ether oxygens (including phenoxy) is 1. The lowest BCUT2D eigenvalue weighted by atomic mass is 10.0. The third-order valence-electron chi connectivity index (χ3n) is 3.26. The van der Waals surface area contributed by atoms with Crippen molar-refractivity contribution >= 4 is 0 Å². The van der Waals surface area contributed by atoms with Crippen molar-refractivity contribution in [1.82, 2.24) is 10.3 Å². The molecule has 0 bridgehead atoms. The second-order valence-corrected chi connectivity index (χ2v) is 4.82. The summed E-state index contributed by atoms with van der Waals surface area (Å²) < 4.78 is 5.78. The van der Waals surface area contributed by atoms with Crippen molar-refractivity contribution in [3.05, 3.63) is 53.9 Å². The van der Waals surface area contributed by atoms with Gasteiger partial charge in [-0.2, -0.15) is 0 Å². The number of nitrogens with zero attached hydrogens (tertiary/aromatic N) is 1. The van der Waals surface area contributed by atoms with E-state index in [1.54, 1.807) is 6.20 Å². The van der Waals surface area contributed by atoms with Crippen LogP contribution in [0.5, 0.6) is 11.5 Å². The number of benzene rings is 1. The van der Waals surface area contributed by atoms with Gasteiger partial charge in [-0.3, -0.25) is 4.98 Å². The van der Waals surface area contributed by atoms with Gasteiger partial charge >= 0.3 is 0 Å². The minimum Gasteiger partial charge on any atom is -0.456 e. The predicted octanol–water partition coefficient (Wildman–Crippen LogP) is 4.24. The lowest BCUT2D eigenvalue weighted by molar-refractivity contribution is 0.478. The van der Waals surface area contributed by atoms with Crippen molar-refractivity contribution in [3.8, 4) is 11.5 Å². The SMILES string of the molecule is CCNC(CC)c1ccc(Oc2ccc(C)nc2)cc1. The zero-order valence-corrected chi connectivity index (χ0v) is 12.4. The standard InChI is InChI=1S/C17H22N2O/c1-4-17(18-5-2)14-7-10-15(11-8-14)20-16-9-6-13(3)19-12-16/h6-12,17-18H,4-5H2,1-3H3. The fourth-order valence-electron chi connectivity index (χ4n) is 2.16. The van der Waals surface area contributed by atoms with Gasteiger partial charge in [0.05, 0.1) is 6.20 Å². The number of pyridine rings is 1. The number of aromatic nitrogens is 1. The molecule has 1 aromatic heterocycles. The summed E-state index contributed by atoms with van der Waals surface area (Å²) in [5.41, 5.74) is 2.29. The van der Waals surface area contributed by atoms with E-state index in [4.69, 9.17) is 4.74 Å². The Balaban J connectivity index is 2.06. The van der Waals surface area contributed by atoms with Crippen molar-refractivity contribution in [2.45, 2.75) is 33.2 Å². The number of hydrogen-bond acceptors (Lipinski definition) is 3. The lowest BCUT2D eigenvalue weighted by Crippen LogP contribution is -2.19. The third kappa shape index (κ3) is 3.81. The Labute approximate surface area is 121 Å². The van der Waals surface area contributed by atoms with Gasteiger partial charge in [0.25, 0.3) is 0 Å². The molecule has 2 aromatic rings. The summed E-state index contributed by atoms with van der Waals surface area (Å²) in [7, 11) is 0. The molecule has 0 saturated carbocycles. The smallest absolute Gasteiger partial charge is 0.145 e. The molecule has 0 fully saturated rings. The van der Waals surface area contributed by atoms with Gasteiger partial charge in [0, 0.05) is 11.7 Å². The van der Waals surface area contributed by atoms with E-state index in [0.29, 0.717) is 6.04 Å². The Morgan fingerprint density at radius 3 is 2.30 bits per heavy atom. The first-order valence-electron chi connectivity index (χ1n) is 7.16. The molecule has 1 atom stereocenters. The lowest BCUT2D eigenvalue weighted by Gasteiger charge is -2.16. The fourth-order valence-corrected chi connectivity index (χ4v) is 2.16. The normalized spacial score (nSPS) is 12.2. The summed E-state index contributed by atoms with van der Waals surface area (Å²) >= 11 is 0. The van der Waals surface area contributed by atoms with Crippen LogP contribution in [0.4, 0.5) is 0 Å². The maximum absolute atomic E-state index is 5.78. The zero-order chi connectivity index (χ0) is 14.4. The van der Waals surface area contributed by atoms with Gasteiger partial charge in [-0.25, -0.2) is 0 Å². The average molecular weight is 270 g/mol. The summed E-state index contributed by atoms with van der Waals surface area (Å²) in [6.45, 7) is 7.26. The van der Waals surface area contributed by atoms with Crippen LogP contribution in [0.1, 0.15) is 37.6 Å². The topological polar surface area (TPSA) is 34.1 Å². The highest BCUT2D eigenvalue weighted by Gasteiger charge is 2.07. The van der Waals surface area contributed by atoms with E-state index >= 15 is 0 Å². The number of nitrogens with one attached hydrogen (secondary N) is 1. The summed E-state index contributed by atoms with van der Waals surface area (Å²) in [5, 5.41) is 3.47. The molecule has 20 heavy (non-hydrogen) atoms. The summed E-state index contributed by atoms with van der Waals surface area (Å²) in [6.07, 6.45) is 2.83. The quantitative estimate of drug-likeness (QED) is 0.852. The summed E-state index contributed by atoms with van der Waals surface area (Å²) in [6, 6.07) is 12.5. The molecule has 1 heterocycles. The average Bonchev–Trinajstić information content (AvgIpc) is 2.48. The van der Waals surface area contributed by atoms with Gasteiger partial charge in [-0.1, -0.05) is 26.0 Å². The van der Waals surface area contributed by atoms with Crippen molar-refractivity contribution in [2.24, 2.45) is 0 Å². The predicted molar refractivity (Wildman–Crippen MR) is 82.2 cm³/mol. The number of aryl methyl sites for hydroxylation is 1. The highest BCUT2D eigenvalue weighted by molar-refractivity contribution is 5.33. The molecule has 0 amide bonds. The summed E-state index contributed by atoms with van der Waals surface area (Å²) in [5.74, 6) is 1.60. The molecule has 0 aliphatic carbocycles. The summed E-state index contributed by atoms with van der Waals surface area (Å²) in [4.78, 5) is 4.22. The minimum atomic E-state index is 0.412.